The van der Waals surface area contributed by atoms with Crippen molar-refractivity contribution in [1.82, 2.24) is 4.57 Å². The minimum absolute atomic E-state index is 0.0987. The molecule has 1 fully saturated rings. The largest absolute Gasteiger partial charge is 0.444 e. The van der Waals surface area contributed by atoms with Crippen molar-refractivity contribution in [3.8, 4) is 0 Å². The Balaban J connectivity index is 2.15. The van der Waals surface area contributed by atoms with Crippen LogP contribution in [-0.2, 0) is 9.47 Å². The molecular weight excluding hydrogens is 296 g/mol. The van der Waals surface area contributed by atoms with Crippen molar-refractivity contribution in [2.75, 3.05) is 12.4 Å². The van der Waals surface area contributed by atoms with Gasteiger partial charge in [0.1, 0.15) is 11.3 Å². The fourth-order valence-electron chi connectivity index (χ4n) is 2.89. The molecular formula is C17H26N2O4. The summed E-state index contributed by atoms with van der Waals surface area (Å²) in [6.07, 6.45) is 5.14. The molecule has 1 amide bonds. The van der Waals surface area contributed by atoms with Gasteiger partial charge >= 0.3 is 6.09 Å². The summed E-state index contributed by atoms with van der Waals surface area (Å²) in [5.74, 6) is 0. The van der Waals surface area contributed by atoms with Crippen molar-refractivity contribution < 1.29 is 14.3 Å². The summed E-state index contributed by atoms with van der Waals surface area (Å²) in [7, 11) is 1.70. The Morgan fingerprint density at radius 2 is 2.09 bits per heavy atom. The monoisotopic (exact) mass is 322 g/mol. The van der Waals surface area contributed by atoms with E-state index in [0.29, 0.717) is 0 Å². The number of hydrogen-bond donors (Lipinski definition) is 1. The highest BCUT2D eigenvalue weighted by atomic mass is 16.6. The minimum atomic E-state index is -0.620. The molecule has 0 bridgehead atoms. The summed E-state index contributed by atoms with van der Waals surface area (Å²) in [5, 5.41) is 2.55. The second kappa shape index (κ2) is 7.17. The fraction of sp³-hybridized carbons (Fsp3) is 0.647. The summed E-state index contributed by atoms with van der Waals surface area (Å²) in [6.45, 7) is 5.34. The number of anilines is 1. The molecule has 6 heteroatoms. The predicted octanol–water partition coefficient (Wildman–Crippen LogP) is 3.33. The van der Waals surface area contributed by atoms with Crippen molar-refractivity contribution in [2.45, 2.75) is 64.2 Å². The van der Waals surface area contributed by atoms with E-state index < -0.39 is 11.7 Å². The molecule has 23 heavy (non-hydrogen) atoms. The van der Waals surface area contributed by atoms with Crippen LogP contribution >= 0.6 is 0 Å². The lowest BCUT2D eigenvalue weighted by molar-refractivity contribution is 0.0524. The molecule has 1 aliphatic carbocycles. The van der Waals surface area contributed by atoms with Crippen molar-refractivity contribution in [3.63, 3.8) is 0 Å². The molecule has 2 atom stereocenters. The molecule has 128 valence electrons. The van der Waals surface area contributed by atoms with E-state index in [1.54, 1.807) is 50.8 Å². The summed E-state index contributed by atoms with van der Waals surface area (Å²) in [4.78, 5) is 24.5. The Labute approximate surface area is 136 Å². The van der Waals surface area contributed by atoms with Crippen molar-refractivity contribution in [1.29, 1.82) is 0 Å². The smallest absolute Gasteiger partial charge is 0.412 e. The lowest BCUT2D eigenvalue weighted by Gasteiger charge is -2.29. The van der Waals surface area contributed by atoms with Gasteiger partial charge in [-0.3, -0.25) is 10.1 Å². The number of hydrogen-bond acceptors (Lipinski definition) is 4. The van der Waals surface area contributed by atoms with Crippen LogP contribution in [0, 0.1) is 0 Å². The first kappa shape index (κ1) is 17.5. The third kappa shape index (κ3) is 4.82. The van der Waals surface area contributed by atoms with E-state index in [4.69, 9.17) is 9.47 Å². The van der Waals surface area contributed by atoms with E-state index in [1.165, 1.54) is 0 Å². The number of carbonyl (C=O) groups excluding carboxylic acids is 1. The average molecular weight is 322 g/mol. The van der Waals surface area contributed by atoms with Gasteiger partial charge in [0, 0.05) is 19.3 Å². The standard InChI is InChI=1S/C17H26N2O4/c1-17(2,3)23-16(21)18-14-9-6-10-19(15(14)20)12-7-5-8-13(11-12)22-4/h6,9-10,12-13H,5,7-8,11H2,1-4H3,(H,18,21). The molecule has 1 saturated carbocycles. The van der Waals surface area contributed by atoms with E-state index >= 15 is 0 Å². The van der Waals surface area contributed by atoms with Crippen molar-refractivity contribution in [3.05, 3.63) is 28.7 Å². The van der Waals surface area contributed by atoms with Crippen LogP contribution in [0.5, 0.6) is 0 Å². The molecule has 1 N–H and O–H groups in total. The highest BCUT2D eigenvalue weighted by Crippen LogP contribution is 2.29. The van der Waals surface area contributed by atoms with Gasteiger partial charge in [-0.05, 0) is 58.6 Å². The zero-order chi connectivity index (χ0) is 17.0. The quantitative estimate of drug-likeness (QED) is 0.927. The van der Waals surface area contributed by atoms with Gasteiger partial charge in [-0.1, -0.05) is 0 Å². The maximum absolute atomic E-state index is 12.6. The first-order valence-corrected chi connectivity index (χ1v) is 8.04. The zero-order valence-electron chi connectivity index (χ0n) is 14.3. The second-order valence-electron chi connectivity index (χ2n) is 6.94. The van der Waals surface area contributed by atoms with E-state index in [1.807, 2.05) is 0 Å². The Morgan fingerprint density at radius 3 is 2.74 bits per heavy atom. The molecule has 0 radical (unpaired) electrons. The molecule has 2 unspecified atom stereocenters. The summed E-state index contributed by atoms with van der Waals surface area (Å²) < 4.78 is 12.3. The maximum Gasteiger partial charge on any atom is 0.412 e. The van der Waals surface area contributed by atoms with E-state index in [9.17, 15) is 9.59 Å². The molecule has 2 rings (SSSR count). The average Bonchev–Trinajstić information content (AvgIpc) is 2.47. The predicted molar refractivity (Wildman–Crippen MR) is 88.9 cm³/mol. The number of methoxy groups -OCH3 is 1. The van der Waals surface area contributed by atoms with Crippen LogP contribution in [0.3, 0.4) is 0 Å². The number of carbonyl (C=O) groups is 1. The third-order valence-corrected chi connectivity index (χ3v) is 3.94. The number of rotatable bonds is 3. The molecule has 1 aromatic rings. The van der Waals surface area contributed by atoms with Crippen LogP contribution in [0.4, 0.5) is 10.5 Å². The Hall–Kier alpha value is -1.82. The second-order valence-corrected chi connectivity index (χ2v) is 6.94. The zero-order valence-corrected chi connectivity index (χ0v) is 14.3. The van der Waals surface area contributed by atoms with Gasteiger partial charge in [0.15, 0.2) is 0 Å². The number of pyridine rings is 1. The summed E-state index contributed by atoms with van der Waals surface area (Å²) in [6, 6.07) is 3.46. The lowest BCUT2D eigenvalue weighted by Crippen LogP contribution is -2.34. The third-order valence-electron chi connectivity index (χ3n) is 3.94. The minimum Gasteiger partial charge on any atom is -0.444 e. The lowest BCUT2D eigenvalue weighted by atomic mass is 9.92. The first-order valence-electron chi connectivity index (χ1n) is 8.04. The number of nitrogens with zero attached hydrogens (tertiary/aromatic N) is 1. The van der Waals surface area contributed by atoms with Crippen LogP contribution in [-0.4, -0.2) is 29.5 Å². The van der Waals surface area contributed by atoms with E-state index in [0.717, 1.165) is 25.7 Å². The van der Waals surface area contributed by atoms with Gasteiger partial charge in [0.05, 0.1) is 6.10 Å². The van der Waals surface area contributed by atoms with Gasteiger partial charge in [-0.2, -0.15) is 0 Å². The molecule has 0 spiro atoms. The number of ether oxygens (including phenoxy) is 2. The van der Waals surface area contributed by atoms with Crippen LogP contribution in [0.2, 0.25) is 0 Å². The molecule has 0 aromatic carbocycles. The molecule has 1 aromatic heterocycles. The molecule has 0 saturated heterocycles. The van der Waals surface area contributed by atoms with Gasteiger partial charge in [-0.15, -0.1) is 0 Å². The SMILES string of the molecule is COC1CCCC(n2cccc(NC(=O)OC(C)(C)C)c2=O)C1. The molecule has 1 aliphatic rings. The first-order chi connectivity index (χ1) is 10.8. The maximum atomic E-state index is 12.6. The van der Waals surface area contributed by atoms with E-state index in [2.05, 4.69) is 5.32 Å². The Bertz CT molecular complexity index is 603. The highest BCUT2D eigenvalue weighted by molar-refractivity contribution is 5.84. The number of nitrogens with one attached hydrogen (secondary N) is 1. The van der Waals surface area contributed by atoms with Crippen LogP contribution in [0.15, 0.2) is 23.1 Å². The highest BCUT2D eigenvalue weighted by Gasteiger charge is 2.24. The van der Waals surface area contributed by atoms with Crippen LogP contribution in [0.1, 0.15) is 52.5 Å². The normalized spacial score (nSPS) is 21.7. The number of aromatic nitrogens is 1. The van der Waals surface area contributed by atoms with E-state index in [-0.39, 0.29) is 23.4 Å². The van der Waals surface area contributed by atoms with Gasteiger partial charge in [0.25, 0.3) is 5.56 Å². The van der Waals surface area contributed by atoms with Gasteiger partial charge in [0.2, 0.25) is 0 Å². The topological polar surface area (TPSA) is 69.6 Å². The molecule has 0 aliphatic heterocycles. The molecule has 6 nitrogen and oxygen atoms in total. The van der Waals surface area contributed by atoms with Gasteiger partial charge in [-0.25, -0.2) is 4.79 Å². The summed E-state index contributed by atoms with van der Waals surface area (Å²) >= 11 is 0. The van der Waals surface area contributed by atoms with Crippen molar-refractivity contribution >= 4 is 11.8 Å². The van der Waals surface area contributed by atoms with Gasteiger partial charge < -0.3 is 14.0 Å². The number of amides is 1. The molecule has 1 heterocycles. The van der Waals surface area contributed by atoms with Crippen molar-refractivity contribution in [2.24, 2.45) is 0 Å². The Morgan fingerprint density at radius 1 is 1.35 bits per heavy atom. The Kier molecular flexibility index (Phi) is 5.46. The summed E-state index contributed by atoms with van der Waals surface area (Å²) in [5.41, 5.74) is -0.575. The van der Waals surface area contributed by atoms with Crippen LogP contribution < -0.4 is 10.9 Å². The van der Waals surface area contributed by atoms with Crippen LogP contribution in [0.25, 0.3) is 0 Å². The fourth-order valence-corrected chi connectivity index (χ4v) is 2.89.